The molecule has 3 heteroatoms. The Morgan fingerprint density at radius 2 is 2.00 bits per heavy atom. The largest absolute Gasteiger partial charge is 0.306 e. The molecule has 3 rings (SSSR count). The number of piperidine rings is 1. The number of hydrogen-bond acceptors (Lipinski definition) is 3. The third-order valence-corrected chi connectivity index (χ3v) is 5.45. The fraction of sp³-hybridized carbons (Fsp3) is 0.562. The topological polar surface area (TPSA) is 16.1 Å². The molecule has 1 aromatic carbocycles. The molecule has 0 atom stereocenters. The molecule has 1 aliphatic rings. The van der Waals surface area contributed by atoms with Crippen molar-refractivity contribution in [3.05, 3.63) is 28.8 Å². The van der Waals surface area contributed by atoms with Crippen molar-refractivity contribution < 1.29 is 0 Å². The van der Waals surface area contributed by atoms with E-state index in [9.17, 15) is 0 Å². The van der Waals surface area contributed by atoms with Crippen LogP contribution < -0.4 is 0 Å². The Balaban J connectivity index is 1.88. The highest BCUT2D eigenvalue weighted by molar-refractivity contribution is 7.18. The van der Waals surface area contributed by atoms with Gasteiger partial charge >= 0.3 is 0 Å². The van der Waals surface area contributed by atoms with Crippen LogP contribution in [0.5, 0.6) is 0 Å². The minimum atomic E-state index is 0.532. The molecule has 0 radical (unpaired) electrons. The van der Waals surface area contributed by atoms with Crippen LogP contribution in [-0.2, 0) is 0 Å². The summed E-state index contributed by atoms with van der Waals surface area (Å²) in [5, 5.41) is 1.26. The Bertz CT molecular complexity index is 565. The molecule has 0 spiro atoms. The standard InChI is InChI=1S/C16H22N2S/c1-11(2)16-17-14-10-13(4-5-15(14)19-16)12-6-8-18(3)9-7-12/h4-5,10-12H,6-9H2,1-3H3. The number of benzene rings is 1. The van der Waals surface area contributed by atoms with Crippen LogP contribution in [0.25, 0.3) is 10.2 Å². The van der Waals surface area contributed by atoms with Crippen LogP contribution in [-0.4, -0.2) is 30.0 Å². The van der Waals surface area contributed by atoms with Crippen molar-refractivity contribution in [2.45, 2.75) is 38.5 Å². The lowest BCUT2D eigenvalue weighted by molar-refractivity contribution is 0.255. The molecular weight excluding hydrogens is 252 g/mol. The summed E-state index contributed by atoms with van der Waals surface area (Å²) in [5.41, 5.74) is 2.69. The van der Waals surface area contributed by atoms with E-state index in [4.69, 9.17) is 4.98 Å². The van der Waals surface area contributed by atoms with Gasteiger partial charge in [0.25, 0.3) is 0 Å². The third-order valence-electron chi connectivity index (χ3n) is 4.11. The van der Waals surface area contributed by atoms with Gasteiger partial charge in [-0.1, -0.05) is 19.9 Å². The second-order valence-electron chi connectivity index (χ2n) is 6.01. The van der Waals surface area contributed by atoms with E-state index in [-0.39, 0.29) is 0 Å². The zero-order chi connectivity index (χ0) is 13.4. The second-order valence-corrected chi connectivity index (χ2v) is 7.07. The van der Waals surface area contributed by atoms with Crippen LogP contribution in [0, 0.1) is 0 Å². The molecule has 1 fully saturated rings. The highest BCUT2D eigenvalue weighted by Crippen LogP contribution is 2.32. The molecule has 0 N–H and O–H groups in total. The van der Waals surface area contributed by atoms with Crippen LogP contribution in [0.1, 0.15) is 49.1 Å². The number of fused-ring (bicyclic) bond motifs is 1. The van der Waals surface area contributed by atoms with Crippen LogP contribution in [0.15, 0.2) is 18.2 Å². The van der Waals surface area contributed by atoms with E-state index in [0.29, 0.717) is 5.92 Å². The number of likely N-dealkylation sites (tertiary alicyclic amines) is 1. The number of hydrogen-bond donors (Lipinski definition) is 0. The molecule has 1 aromatic heterocycles. The van der Waals surface area contributed by atoms with E-state index in [1.165, 1.54) is 46.7 Å². The average molecular weight is 274 g/mol. The lowest BCUT2D eigenvalue weighted by Crippen LogP contribution is -2.29. The normalized spacial score (nSPS) is 18.5. The predicted molar refractivity (Wildman–Crippen MR) is 83.2 cm³/mol. The van der Waals surface area contributed by atoms with Crippen molar-refractivity contribution in [2.75, 3.05) is 20.1 Å². The summed E-state index contributed by atoms with van der Waals surface area (Å²) < 4.78 is 1.33. The summed E-state index contributed by atoms with van der Waals surface area (Å²) in [5.74, 6) is 1.26. The van der Waals surface area contributed by atoms with Gasteiger partial charge in [-0.05, 0) is 56.6 Å². The molecule has 102 valence electrons. The van der Waals surface area contributed by atoms with Crippen molar-refractivity contribution in [3.63, 3.8) is 0 Å². The van der Waals surface area contributed by atoms with Crippen LogP contribution in [0.2, 0.25) is 0 Å². The Morgan fingerprint density at radius 1 is 1.26 bits per heavy atom. The van der Waals surface area contributed by atoms with Gasteiger partial charge in [-0.25, -0.2) is 4.98 Å². The molecule has 0 amide bonds. The molecule has 0 aliphatic carbocycles. The zero-order valence-corrected chi connectivity index (χ0v) is 12.8. The average Bonchev–Trinajstić information content (AvgIpc) is 2.82. The van der Waals surface area contributed by atoms with E-state index in [1.54, 1.807) is 0 Å². The number of nitrogens with zero attached hydrogens (tertiary/aromatic N) is 2. The van der Waals surface area contributed by atoms with Crippen molar-refractivity contribution in [2.24, 2.45) is 0 Å². The predicted octanol–water partition coefficient (Wildman–Crippen LogP) is 4.23. The van der Waals surface area contributed by atoms with Gasteiger partial charge in [0.1, 0.15) is 0 Å². The molecule has 1 aliphatic heterocycles. The van der Waals surface area contributed by atoms with E-state index < -0.39 is 0 Å². The monoisotopic (exact) mass is 274 g/mol. The van der Waals surface area contributed by atoms with E-state index >= 15 is 0 Å². The minimum Gasteiger partial charge on any atom is -0.306 e. The molecule has 1 saturated heterocycles. The maximum absolute atomic E-state index is 4.79. The van der Waals surface area contributed by atoms with Crippen LogP contribution in [0.4, 0.5) is 0 Å². The first-order valence-electron chi connectivity index (χ1n) is 7.22. The van der Waals surface area contributed by atoms with E-state index in [0.717, 1.165) is 5.92 Å². The molecule has 2 aromatic rings. The quantitative estimate of drug-likeness (QED) is 0.814. The Labute approximate surface area is 119 Å². The van der Waals surface area contributed by atoms with Gasteiger partial charge < -0.3 is 4.90 Å². The highest BCUT2D eigenvalue weighted by atomic mass is 32.1. The first kappa shape index (κ1) is 13.1. The lowest BCUT2D eigenvalue weighted by Gasteiger charge is -2.29. The fourth-order valence-electron chi connectivity index (χ4n) is 2.81. The number of aromatic nitrogens is 1. The van der Waals surface area contributed by atoms with E-state index in [1.807, 2.05) is 11.3 Å². The van der Waals surface area contributed by atoms with Crippen molar-refractivity contribution in [1.82, 2.24) is 9.88 Å². The summed E-state index contributed by atoms with van der Waals surface area (Å²) in [7, 11) is 2.22. The summed E-state index contributed by atoms with van der Waals surface area (Å²) in [6.07, 6.45) is 2.56. The second kappa shape index (κ2) is 5.22. The van der Waals surface area contributed by atoms with Crippen molar-refractivity contribution >= 4 is 21.6 Å². The molecule has 0 bridgehead atoms. The zero-order valence-electron chi connectivity index (χ0n) is 12.0. The van der Waals surface area contributed by atoms with Crippen molar-refractivity contribution in [1.29, 1.82) is 0 Å². The van der Waals surface area contributed by atoms with Gasteiger partial charge in [0, 0.05) is 5.92 Å². The minimum absolute atomic E-state index is 0.532. The van der Waals surface area contributed by atoms with Gasteiger partial charge in [-0.3, -0.25) is 0 Å². The fourth-order valence-corrected chi connectivity index (χ4v) is 3.76. The van der Waals surface area contributed by atoms with Gasteiger partial charge in [0.15, 0.2) is 0 Å². The number of rotatable bonds is 2. The van der Waals surface area contributed by atoms with Crippen molar-refractivity contribution in [3.8, 4) is 0 Å². The summed E-state index contributed by atoms with van der Waals surface area (Å²) >= 11 is 1.84. The Hall–Kier alpha value is -0.930. The highest BCUT2D eigenvalue weighted by Gasteiger charge is 2.19. The van der Waals surface area contributed by atoms with Crippen LogP contribution >= 0.6 is 11.3 Å². The Morgan fingerprint density at radius 3 is 2.68 bits per heavy atom. The first-order valence-corrected chi connectivity index (χ1v) is 8.04. The smallest absolute Gasteiger partial charge is 0.0963 e. The third kappa shape index (κ3) is 2.67. The summed E-state index contributed by atoms with van der Waals surface area (Å²) in [6, 6.07) is 6.92. The summed E-state index contributed by atoms with van der Waals surface area (Å²) in [6.45, 7) is 6.87. The maximum Gasteiger partial charge on any atom is 0.0963 e. The maximum atomic E-state index is 4.79. The molecule has 0 saturated carbocycles. The van der Waals surface area contributed by atoms with E-state index in [2.05, 4.69) is 44.0 Å². The molecule has 2 heterocycles. The first-order chi connectivity index (χ1) is 9.13. The number of thiazole rings is 1. The van der Waals surface area contributed by atoms with Gasteiger partial charge in [-0.15, -0.1) is 11.3 Å². The summed E-state index contributed by atoms with van der Waals surface area (Å²) in [4.78, 5) is 7.22. The molecule has 0 unspecified atom stereocenters. The van der Waals surface area contributed by atoms with Gasteiger partial charge in [0.05, 0.1) is 15.2 Å². The SMILES string of the molecule is CC(C)c1nc2cc(C3CCN(C)CC3)ccc2s1. The van der Waals surface area contributed by atoms with Crippen LogP contribution in [0.3, 0.4) is 0 Å². The van der Waals surface area contributed by atoms with Gasteiger partial charge in [0.2, 0.25) is 0 Å². The van der Waals surface area contributed by atoms with Gasteiger partial charge in [-0.2, -0.15) is 0 Å². The Kier molecular flexibility index (Phi) is 3.59. The molecule has 2 nitrogen and oxygen atoms in total. The lowest BCUT2D eigenvalue weighted by atomic mass is 9.89. The molecule has 19 heavy (non-hydrogen) atoms. The molecular formula is C16H22N2S.